The van der Waals surface area contributed by atoms with E-state index in [9.17, 15) is 14.7 Å². The highest BCUT2D eigenvalue weighted by atomic mass is 16.6. The van der Waals surface area contributed by atoms with Crippen LogP contribution in [-0.4, -0.2) is 47.6 Å². The molecule has 7 atom stereocenters. The zero-order valence-corrected chi connectivity index (χ0v) is 19.3. The molecule has 30 heavy (non-hydrogen) atoms. The molecule has 1 heterocycles. The number of hydrogen-bond acceptors (Lipinski definition) is 6. The molecule has 1 N–H and O–H groups in total. The highest BCUT2D eigenvalue weighted by Crippen LogP contribution is 2.63. The summed E-state index contributed by atoms with van der Waals surface area (Å²) < 4.78 is 17.1. The minimum absolute atomic E-state index is 0.00876. The van der Waals surface area contributed by atoms with Crippen LogP contribution in [0, 0.1) is 22.7 Å². The van der Waals surface area contributed by atoms with Crippen molar-refractivity contribution in [1.29, 1.82) is 0 Å². The number of esters is 2. The Morgan fingerprint density at radius 3 is 2.37 bits per heavy atom. The number of carbonyl (C=O) groups is 2. The molecule has 0 unspecified atom stereocenters. The molecule has 2 saturated carbocycles. The van der Waals surface area contributed by atoms with Crippen LogP contribution >= 0.6 is 0 Å². The van der Waals surface area contributed by atoms with Gasteiger partial charge >= 0.3 is 11.9 Å². The number of ether oxygens (including phenoxy) is 3. The fourth-order valence-electron chi connectivity index (χ4n) is 6.34. The Balaban J connectivity index is 1.95. The van der Waals surface area contributed by atoms with Gasteiger partial charge in [0.25, 0.3) is 0 Å². The van der Waals surface area contributed by atoms with Crippen molar-refractivity contribution in [3.05, 3.63) is 12.2 Å². The summed E-state index contributed by atoms with van der Waals surface area (Å²) in [6.45, 7) is 15.8. The average molecular weight is 423 g/mol. The van der Waals surface area contributed by atoms with Gasteiger partial charge in [-0.15, -0.1) is 0 Å². The van der Waals surface area contributed by atoms with Crippen molar-refractivity contribution in [1.82, 2.24) is 0 Å². The monoisotopic (exact) mass is 422 g/mol. The summed E-state index contributed by atoms with van der Waals surface area (Å²) in [4.78, 5) is 23.5. The van der Waals surface area contributed by atoms with Crippen LogP contribution in [0.15, 0.2) is 12.2 Å². The van der Waals surface area contributed by atoms with Gasteiger partial charge in [0.15, 0.2) is 0 Å². The fraction of sp³-hybridized carbons (Fsp3) is 0.833. The van der Waals surface area contributed by atoms with Gasteiger partial charge in [-0.3, -0.25) is 9.59 Å². The molecule has 170 valence electrons. The molecule has 0 spiro atoms. The molecule has 3 fully saturated rings. The minimum atomic E-state index is -0.615. The van der Waals surface area contributed by atoms with Crippen LogP contribution in [0.2, 0.25) is 0 Å². The van der Waals surface area contributed by atoms with E-state index in [0.717, 1.165) is 24.8 Å². The van der Waals surface area contributed by atoms with E-state index in [1.807, 2.05) is 13.8 Å². The summed E-state index contributed by atoms with van der Waals surface area (Å²) in [5.74, 6) is -0.501. The molecule has 3 rings (SSSR count). The van der Waals surface area contributed by atoms with E-state index in [0.29, 0.717) is 19.4 Å². The minimum Gasteiger partial charge on any atom is -0.465 e. The van der Waals surface area contributed by atoms with Gasteiger partial charge in [0.05, 0.1) is 24.4 Å². The van der Waals surface area contributed by atoms with Crippen molar-refractivity contribution in [3.8, 4) is 0 Å². The zero-order valence-electron chi connectivity index (χ0n) is 19.3. The van der Waals surface area contributed by atoms with Gasteiger partial charge in [0.1, 0.15) is 6.10 Å². The molecule has 1 saturated heterocycles. The predicted molar refractivity (Wildman–Crippen MR) is 113 cm³/mol. The molecular formula is C24H38O6. The molecule has 0 bridgehead atoms. The molecule has 1 aliphatic heterocycles. The zero-order chi connectivity index (χ0) is 22.5. The number of fused-ring (bicyclic) bond motifs is 1. The maximum absolute atomic E-state index is 12.0. The Morgan fingerprint density at radius 1 is 1.20 bits per heavy atom. The molecule has 0 aromatic heterocycles. The van der Waals surface area contributed by atoms with Crippen molar-refractivity contribution < 1.29 is 28.9 Å². The highest BCUT2D eigenvalue weighted by molar-refractivity contribution is 5.66. The van der Waals surface area contributed by atoms with Gasteiger partial charge in [-0.25, -0.2) is 0 Å². The first-order valence-electron chi connectivity index (χ1n) is 11.2. The summed E-state index contributed by atoms with van der Waals surface area (Å²) in [6.07, 6.45) is 2.66. The lowest BCUT2D eigenvalue weighted by molar-refractivity contribution is -0.203. The summed E-state index contributed by atoms with van der Waals surface area (Å²) in [5, 5.41) is 11.3. The lowest BCUT2D eigenvalue weighted by Crippen LogP contribution is -2.61. The molecule has 6 nitrogen and oxygen atoms in total. The third kappa shape index (κ3) is 4.05. The molecule has 6 heteroatoms. The Hall–Kier alpha value is -1.40. The van der Waals surface area contributed by atoms with Crippen molar-refractivity contribution in [2.24, 2.45) is 22.7 Å². The van der Waals surface area contributed by atoms with Crippen LogP contribution in [0.5, 0.6) is 0 Å². The number of rotatable bonds is 6. The van der Waals surface area contributed by atoms with Crippen LogP contribution in [0.1, 0.15) is 73.6 Å². The molecule has 0 radical (unpaired) electrons. The number of carbonyl (C=O) groups excluding carboxylic acids is 2. The van der Waals surface area contributed by atoms with E-state index < -0.39 is 17.6 Å². The maximum Gasteiger partial charge on any atom is 0.302 e. The number of hydrogen-bond donors (Lipinski definition) is 1. The van der Waals surface area contributed by atoms with Crippen LogP contribution in [-0.2, 0) is 23.8 Å². The predicted octanol–water partition coefficient (Wildman–Crippen LogP) is 3.80. The first-order chi connectivity index (χ1) is 13.8. The molecule has 0 aromatic carbocycles. The molecule has 2 aliphatic carbocycles. The second-order valence-corrected chi connectivity index (χ2v) is 10.6. The molecule has 3 aliphatic rings. The molecule has 0 aromatic rings. The van der Waals surface area contributed by atoms with Crippen LogP contribution in [0.3, 0.4) is 0 Å². The Kier molecular flexibility index (Phi) is 6.16. The summed E-state index contributed by atoms with van der Waals surface area (Å²) in [6, 6.07) is 0. The van der Waals surface area contributed by atoms with Gasteiger partial charge in [0.2, 0.25) is 0 Å². The summed E-state index contributed by atoms with van der Waals surface area (Å²) in [7, 11) is 0. The average Bonchev–Trinajstić information content (AvgIpc) is 3.23. The van der Waals surface area contributed by atoms with Gasteiger partial charge in [0, 0.05) is 31.6 Å². The van der Waals surface area contributed by atoms with Crippen LogP contribution in [0.4, 0.5) is 0 Å². The number of aliphatic hydroxyl groups is 1. The standard InChI is InChI=1S/C24H38O6/c1-14-8-9-18-23(6,17(14)13-28-15(2)25)11-10-19(27)24(18,7)21(29-16(3)26)12-20-22(4,5)30-20/h17-21,27H,1,8-13H2,2-7H3/t17-,18+,19-,20+,21+,23+,24-/m0/s1. The largest absolute Gasteiger partial charge is 0.465 e. The molecular weight excluding hydrogens is 384 g/mol. The second-order valence-electron chi connectivity index (χ2n) is 10.6. The highest BCUT2D eigenvalue weighted by Gasteiger charge is 2.63. The Labute approximate surface area is 180 Å². The van der Waals surface area contributed by atoms with Crippen molar-refractivity contribution in [2.45, 2.75) is 97.6 Å². The third-order valence-electron chi connectivity index (χ3n) is 8.31. The summed E-state index contributed by atoms with van der Waals surface area (Å²) >= 11 is 0. The normalized spacial score (nSPS) is 40.8. The van der Waals surface area contributed by atoms with E-state index in [-0.39, 0.29) is 40.9 Å². The fourth-order valence-corrected chi connectivity index (χ4v) is 6.34. The Morgan fingerprint density at radius 2 is 1.83 bits per heavy atom. The van der Waals surface area contributed by atoms with Crippen molar-refractivity contribution >= 4 is 11.9 Å². The number of aliphatic hydroxyl groups excluding tert-OH is 1. The van der Waals surface area contributed by atoms with Gasteiger partial charge < -0.3 is 19.3 Å². The molecule has 0 amide bonds. The van der Waals surface area contributed by atoms with Crippen molar-refractivity contribution in [2.75, 3.05) is 6.61 Å². The second kappa shape index (κ2) is 7.94. The van der Waals surface area contributed by atoms with E-state index in [1.165, 1.54) is 13.8 Å². The van der Waals surface area contributed by atoms with Crippen LogP contribution < -0.4 is 0 Å². The van der Waals surface area contributed by atoms with Crippen molar-refractivity contribution in [3.63, 3.8) is 0 Å². The smallest absolute Gasteiger partial charge is 0.302 e. The van der Waals surface area contributed by atoms with Gasteiger partial charge in [-0.1, -0.05) is 26.0 Å². The topological polar surface area (TPSA) is 85.4 Å². The van der Waals surface area contributed by atoms with Gasteiger partial charge in [-0.2, -0.15) is 0 Å². The van der Waals surface area contributed by atoms with E-state index in [4.69, 9.17) is 14.2 Å². The Bertz CT molecular complexity index is 714. The quantitative estimate of drug-likeness (QED) is 0.398. The van der Waals surface area contributed by atoms with E-state index in [2.05, 4.69) is 20.4 Å². The van der Waals surface area contributed by atoms with Gasteiger partial charge in [-0.05, 0) is 50.9 Å². The summed E-state index contributed by atoms with van der Waals surface area (Å²) in [5.41, 5.74) is 0.0630. The third-order valence-corrected chi connectivity index (χ3v) is 8.31. The first-order valence-corrected chi connectivity index (χ1v) is 11.2. The van der Waals surface area contributed by atoms with Crippen LogP contribution in [0.25, 0.3) is 0 Å². The maximum atomic E-state index is 12.0. The van der Waals surface area contributed by atoms with E-state index in [1.54, 1.807) is 0 Å². The first kappa shape index (κ1) is 23.3. The number of epoxide rings is 1. The lowest BCUT2D eigenvalue weighted by atomic mass is 9.45. The lowest BCUT2D eigenvalue weighted by Gasteiger charge is -2.61. The SMILES string of the molecule is C=C1CC[C@@H]2[C@](C)(CC[C@H](O)[C@@]2(C)[C@@H](C[C@H]2OC2(C)C)OC(C)=O)[C@H]1COC(C)=O. The van der Waals surface area contributed by atoms with E-state index >= 15 is 0 Å².